The summed E-state index contributed by atoms with van der Waals surface area (Å²) in [6.45, 7) is 0. The van der Waals surface area contributed by atoms with Gasteiger partial charge in [-0.2, -0.15) is 13.2 Å². The minimum absolute atomic E-state index is 0.632. The standard InChI is InChI=1S/C6H5BF3NO3/c8-6(9,10)5-4(12)3(7(13)14)1-2-11-5/h1-2,12-14H. The number of aromatic hydroxyl groups is 1. The highest BCUT2D eigenvalue weighted by Crippen LogP contribution is 2.32. The van der Waals surface area contributed by atoms with Crippen LogP contribution < -0.4 is 5.46 Å². The van der Waals surface area contributed by atoms with Crippen LogP contribution in [0.25, 0.3) is 0 Å². The van der Waals surface area contributed by atoms with E-state index in [-0.39, 0.29) is 0 Å². The molecule has 0 amide bonds. The second kappa shape index (κ2) is 3.47. The lowest BCUT2D eigenvalue weighted by Crippen LogP contribution is -2.31. The van der Waals surface area contributed by atoms with Crippen molar-refractivity contribution in [2.45, 2.75) is 6.18 Å². The molecule has 14 heavy (non-hydrogen) atoms. The number of rotatable bonds is 1. The molecule has 0 aromatic carbocycles. The molecule has 0 bridgehead atoms. The fourth-order valence-electron chi connectivity index (χ4n) is 0.885. The van der Waals surface area contributed by atoms with Gasteiger partial charge >= 0.3 is 13.3 Å². The SMILES string of the molecule is OB(O)c1ccnc(C(F)(F)F)c1O. The third-order valence-electron chi connectivity index (χ3n) is 1.50. The van der Waals surface area contributed by atoms with Gasteiger partial charge in [0.15, 0.2) is 5.69 Å². The lowest BCUT2D eigenvalue weighted by molar-refractivity contribution is -0.142. The highest BCUT2D eigenvalue weighted by molar-refractivity contribution is 6.59. The van der Waals surface area contributed by atoms with Gasteiger partial charge in [0.05, 0.1) is 0 Å². The molecule has 0 saturated heterocycles. The third-order valence-corrected chi connectivity index (χ3v) is 1.50. The average Bonchev–Trinajstić information content (AvgIpc) is 2.01. The van der Waals surface area contributed by atoms with E-state index in [1.165, 1.54) is 0 Å². The first kappa shape index (κ1) is 10.8. The fourth-order valence-corrected chi connectivity index (χ4v) is 0.885. The number of hydrogen-bond donors (Lipinski definition) is 3. The summed E-state index contributed by atoms with van der Waals surface area (Å²) >= 11 is 0. The van der Waals surface area contributed by atoms with Crippen molar-refractivity contribution in [3.05, 3.63) is 18.0 Å². The molecule has 3 N–H and O–H groups in total. The quantitative estimate of drug-likeness (QED) is 0.542. The van der Waals surface area contributed by atoms with E-state index in [9.17, 15) is 13.2 Å². The van der Waals surface area contributed by atoms with E-state index in [0.29, 0.717) is 0 Å². The molecular weight excluding hydrogens is 202 g/mol. The van der Waals surface area contributed by atoms with Crippen molar-refractivity contribution < 1.29 is 28.3 Å². The molecule has 1 aromatic rings. The monoisotopic (exact) mass is 207 g/mol. The zero-order valence-corrected chi connectivity index (χ0v) is 6.65. The minimum Gasteiger partial charge on any atom is -0.506 e. The Morgan fingerprint density at radius 1 is 1.29 bits per heavy atom. The van der Waals surface area contributed by atoms with Crippen LogP contribution in [0.4, 0.5) is 13.2 Å². The second-order valence-corrected chi connectivity index (χ2v) is 2.47. The van der Waals surface area contributed by atoms with Crippen LogP contribution in [0.5, 0.6) is 5.75 Å². The summed E-state index contributed by atoms with van der Waals surface area (Å²) in [6, 6.07) is 0.884. The van der Waals surface area contributed by atoms with Crippen molar-refractivity contribution in [1.82, 2.24) is 4.98 Å². The number of halogens is 3. The average molecular weight is 207 g/mol. The van der Waals surface area contributed by atoms with E-state index in [4.69, 9.17) is 15.2 Å². The molecule has 1 aromatic heterocycles. The Bertz CT molecular complexity index is 342. The van der Waals surface area contributed by atoms with E-state index >= 15 is 0 Å². The first-order valence-electron chi connectivity index (χ1n) is 3.45. The summed E-state index contributed by atoms with van der Waals surface area (Å²) in [5.74, 6) is -1.27. The van der Waals surface area contributed by atoms with Gasteiger partial charge in [-0.25, -0.2) is 4.98 Å². The zero-order chi connectivity index (χ0) is 10.9. The Hall–Kier alpha value is -1.28. The maximum atomic E-state index is 12.1. The lowest BCUT2D eigenvalue weighted by Gasteiger charge is -2.10. The predicted molar refractivity (Wildman–Crippen MR) is 40.7 cm³/mol. The van der Waals surface area contributed by atoms with Crippen LogP contribution in [0.15, 0.2) is 12.3 Å². The van der Waals surface area contributed by atoms with Crippen molar-refractivity contribution in [3.8, 4) is 5.75 Å². The molecule has 0 saturated carbocycles. The van der Waals surface area contributed by atoms with Gasteiger partial charge in [0.2, 0.25) is 0 Å². The summed E-state index contributed by atoms with van der Waals surface area (Å²) in [5, 5.41) is 26.2. The first-order valence-corrected chi connectivity index (χ1v) is 3.45. The third kappa shape index (κ3) is 1.96. The van der Waals surface area contributed by atoms with Crippen LogP contribution in [0.2, 0.25) is 0 Å². The Morgan fingerprint density at radius 3 is 2.29 bits per heavy atom. The van der Waals surface area contributed by atoms with Crippen molar-refractivity contribution in [1.29, 1.82) is 0 Å². The molecule has 4 nitrogen and oxygen atoms in total. The number of hydrogen-bond acceptors (Lipinski definition) is 4. The summed E-state index contributed by atoms with van der Waals surface area (Å²) in [6.07, 6.45) is -4.09. The molecule has 0 aliphatic heterocycles. The number of aromatic nitrogens is 1. The van der Waals surface area contributed by atoms with Crippen molar-refractivity contribution in [2.24, 2.45) is 0 Å². The minimum atomic E-state index is -4.82. The number of alkyl halides is 3. The van der Waals surface area contributed by atoms with E-state index < -0.39 is 30.2 Å². The van der Waals surface area contributed by atoms with Gasteiger partial charge in [-0.1, -0.05) is 0 Å². The molecule has 8 heteroatoms. The van der Waals surface area contributed by atoms with Gasteiger partial charge in [-0.15, -0.1) is 0 Å². The molecule has 0 aliphatic rings. The largest absolute Gasteiger partial charge is 0.506 e. The molecule has 0 atom stereocenters. The van der Waals surface area contributed by atoms with Crippen LogP contribution >= 0.6 is 0 Å². The second-order valence-electron chi connectivity index (χ2n) is 2.47. The van der Waals surface area contributed by atoms with Crippen LogP contribution in [0, 0.1) is 0 Å². The Labute approximate surface area is 76.8 Å². The smallest absolute Gasteiger partial charge is 0.492 e. The van der Waals surface area contributed by atoms with Crippen molar-refractivity contribution in [3.63, 3.8) is 0 Å². The Balaban J connectivity index is 3.28. The summed E-state index contributed by atoms with van der Waals surface area (Å²) < 4.78 is 36.3. The molecule has 1 heterocycles. The summed E-state index contributed by atoms with van der Waals surface area (Å²) in [7, 11) is -2.17. The molecule has 1 rings (SSSR count). The van der Waals surface area contributed by atoms with Crippen LogP contribution in [0.3, 0.4) is 0 Å². The number of pyridine rings is 1. The Kier molecular flexibility index (Phi) is 2.67. The van der Waals surface area contributed by atoms with Gasteiger partial charge in [0.1, 0.15) is 5.75 Å². The van der Waals surface area contributed by atoms with Crippen LogP contribution in [-0.4, -0.2) is 27.3 Å². The van der Waals surface area contributed by atoms with E-state index in [1.54, 1.807) is 0 Å². The van der Waals surface area contributed by atoms with Crippen LogP contribution in [0.1, 0.15) is 5.69 Å². The topological polar surface area (TPSA) is 73.6 Å². The van der Waals surface area contributed by atoms with Gasteiger partial charge in [0, 0.05) is 11.7 Å². The van der Waals surface area contributed by atoms with Crippen molar-refractivity contribution in [2.75, 3.05) is 0 Å². The molecular formula is C6H5BF3NO3. The Morgan fingerprint density at radius 2 is 1.86 bits per heavy atom. The van der Waals surface area contributed by atoms with E-state index in [2.05, 4.69) is 4.98 Å². The molecule has 76 valence electrons. The molecule has 0 radical (unpaired) electrons. The van der Waals surface area contributed by atoms with Gasteiger partial charge in [-0.3, -0.25) is 0 Å². The van der Waals surface area contributed by atoms with Crippen molar-refractivity contribution >= 4 is 12.6 Å². The highest BCUT2D eigenvalue weighted by Gasteiger charge is 2.37. The van der Waals surface area contributed by atoms with E-state index in [0.717, 1.165) is 12.3 Å². The van der Waals surface area contributed by atoms with Crippen LogP contribution in [-0.2, 0) is 6.18 Å². The summed E-state index contributed by atoms with van der Waals surface area (Å²) in [4.78, 5) is 2.90. The first-order chi connectivity index (χ1) is 6.34. The highest BCUT2D eigenvalue weighted by atomic mass is 19.4. The molecule has 0 unspecified atom stereocenters. The summed E-state index contributed by atoms with van der Waals surface area (Å²) in [5.41, 5.74) is -2.17. The normalized spacial score (nSPS) is 11.5. The molecule has 0 spiro atoms. The lowest BCUT2D eigenvalue weighted by atomic mass is 9.79. The maximum absolute atomic E-state index is 12.1. The predicted octanol–water partition coefficient (Wildman–Crippen LogP) is -0.514. The number of nitrogens with zero attached hydrogens (tertiary/aromatic N) is 1. The van der Waals surface area contributed by atoms with Gasteiger partial charge in [0.25, 0.3) is 0 Å². The van der Waals surface area contributed by atoms with Gasteiger partial charge < -0.3 is 15.2 Å². The molecule has 0 aliphatic carbocycles. The van der Waals surface area contributed by atoms with E-state index in [1.807, 2.05) is 0 Å². The molecule has 0 fully saturated rings. The zero-order valence-electron chi connectivity index (χ0n) is 6.65. The fraction of sp³-hybridized carbons (Fsp3) is 0.167. The van der Waals surface area contributed by atoms with Gasteiger partial charge in [-0.05, 0) is 6.07 Å². The maximum Gasteiger partial charge on any atom is 0.492 e.